The van der Waals surface area contributed by atoms with Gasteiger partial charge in [-0.2, -0.15) is 0 Å². The van der Waals surface area contributed by atoms with Crippen LogP contribution in [-0.4, -0.2) is 58.1 Å². The van der Waals surface area contributed by atoms with Gasteiger partial charge in [-0.3, -0.25) is 14.9 Å². The van der Waals surface area contributed by atoms with E-state index in [0.717, 1.165) is 50.7 Å². The smallest absolute Gasteiger partial charge is 0.328 e. The van der Waals surface area contributed by atoms with E-state index in [1.165, 1.54) is 18.7 Å². The van der Waals surface area contributed by atoms with E-state index in [2.05, 4.69) is 36.5 Å². The molecular weight excluding hydrogens is 554 g/mol. The number of allylic oxidation sites excluding steroid dienone is 4. The SMILES string of the molecule is COC(=O)[C@H](Cc1ccc(O)c([N+](=O)[O-])c1)NC(=O)CO/N=C1/C=C[C@@]2(C)C(=C1)CC[C@@H]1[C@H]2CC[C@@]2(C)[C@H]1CC[C@]2(C)O. The molecule has 232 valence electrons. The van der Waals surface area contributed by atoms with Gasteiger partial charge in [-0.05, 0) is 92.4 Å². The molecule has 11 heteroatoms. The monoisotopic (exact) mass is 595 g/mol. The highest BCUT2D eigenvalue weighted by molar-refractivity contribution is 6.05. The maximum atomic E-state index is 12.6. The molecule has 7 atom stereocenters. The molecule has 4 aliphatic rings. The number of nitrogens with one attached hydrogen (secondary N) is 1. The number of phenols is 1. The van der Waals surface area contributed by atoms with Gasteiger partial charge < -0.3 is 25.1 Å². The van der Waals surface area contributed by atoms with Crippen molar-refractivity contribution in [2.75, 3.05) is 13.7 Å². The number of nitrogens with zero attached hydrogens (tertiary/aromatic N) is 2. The number of aliphatic hydroxyl groups is 1. The van der Waals surface area contributed by atoms with E-state index < -0.39 is 46.5 Å². The quantitative estimate of drug-likeness (QED) is 0.227. The lowest BCUT2D eigenvalue weighted by Crippen LogP contribution is -2.53. The number of carbonyl (C=O) groups is 2. The van der Waals surface area contributed by atoms with Gasteiger partial charge in [0, 0.05) is 17.9 Å². The first-order valence-electron chi connectivity index (χ1n) is 14.9. The molecule has 4 aliphatic carbocycles. The van der Waals surface area contributed by atoms with Gasteiger partial charge in [0.15, 0.2) is 12.4 Å². The highest BCUT2D eigenvalue weighted by Gasteiger charge is 2.62. The summed E-state index contributed by atoms with van der Waals surface area (Å²) < 4.78 is 4.79. The molecule has 0 bridgehead atoms. The number of hydrogen-bond acceptors (Lipinski definition) is 9. The molecule has 3 N–H and O–H groups in total. The molecule has 1 amide bonds. The molecule has 11 nitrogen and oxygen atoms in total. The molecule has 1 aromatic carbocycles. The Morgan fingerprint density at radius 1 is 1.19 bits per heavy atom. The lowest BCUT2D eigenvalue weighted by molar-refractivity contribution is -0.385. The Kier molecular flexibility index (Phi) is 8.15. The van der Waals surface area contributed by atoms with Crippen molar-refractivity contribution in [3.63, 3.8) is 0 Å². The van der Waals surface area contributed by atoms with Gasteiger partial charge in [0.05, 0.1) is 17.6 Å². The molecule has 0 spiro atoms. The van der Waals surface area contributed by atoms with E-state index in [0.29, 0.717) is 29.0 Å². The third kappa shape index (κ3) is 5.55. The number of carbonyl (C=O) groups excluding carboxylic acids is 2. The zero-order chi connectivity index (χ0) is 31.2. The number of oxime groups is 1. The second-order valence-electron chi connectivity index (χ2n) is 13.2. The predicted octanol–water partition coefficient (Wildman–Crippen LogP) is 4.36. The molecule has 1 aromatic rings. The van der Waals surface area contributed by atoms with E-state index in [-0.39, 0.29) is 17.3 Å². The Balaban J connectivity index is 1.20. The first kappa shape index (κ1) is 30.7. The Hall–Kier alpha value is -3.73. The number of esters is 1. The van der Waals surface area contributed by atoms with Gasteiger partial charge in [0.2, 0.25) is 0 Å². The minimum absolute atomic E-state index is 0.0277. The average molecular weight is 596 g/mol. The van der Waals surface area contributed by atoms with Crippen LogP contribution in [0.2, 0.25) is 0 Å². The van der Waals surface area contributed by atoms with Crippen molar-refractivity contribution >= 4 is 23.3 Å². The van der Waals surface area contributed by atoms with E-state index in [1.54, 1.807) is 0 Å². The minimum Gasteiger partial charge on any atom is -0.502 e. The van der Waals surface area contributed by atoms with Gasteiger partial charge in [0.1, 0.15) is 11.8 Å². The first-order valence-corrected chi connectivity index (χ1v) is 14.9. The Labute approximate surface area is 251 Å². The van der Waals surface area contributed by atoms with Crippen LogP contribution in [0.15, 0.2) is 47.2 Å². The van der Waals surface area contributed by atoms with Crippen molar-refractivity contribution in [2.45, 2.75) is 77.4 Å². The lowest BCUT2D eigenvalue weighted by Gasteiger charge is -2.58. The standard InChI is InChI=1S/C32H41N3O8/c1-30-12-9-21(17-20(30)6-7-22-23(30)10-13-31(2)24(22)11-14-32(31,3)39)34-43-18-28(37)33-25(29(38)42-4)15-19-5-8-27(36)26(16-19)35(40)41/h5,8-9,12,16-17,22-25,36,39H,6-7,10-11,13-15,18H2,1-4H3,(H,33,37)/b34-21-/t22-,23-,24+,25+,30+,31+,32+/m1/s1. The number of aromatic hydroxyl groups is 1. The Morgan fingerprint density at radius 3 is 2.65 bits per heavy atom. The van der Waals surface area contributed by atoms with Crippen molar-refractivity contribution in [3.05, 3.63) is 57.7 Å². The lowest BCUT2D eigenvalue weighted by atomic mass is 9.47. The Morgan fingerprint density at radius 2 is 1.93 bits per heavy atom. The third-order valence-electron chi connectivity index (χ3n) is 11.0. The summed E-state index contributed by atoms with van der Waals surface area (Å²) in [6.45, 7) is 6.18. The van der Waals surface area contributed by atoms with Crippen LogP contribution in [0.4, 0.5) is 5.69 Å². The molecular formula is C32H41N3O8. The Bertz CT molecular complexity index is 1400. The van der Waals surface area contributed by atoms with E-state index in [1.807, 2.05) is 13.0 Å². The van der Waals surface area contributed by atoms with Crippen LogP contribution < -0.4 is 5.32 Å². The molecule has 3 fully saturated rings. The highest BCUT2D eigenvalue weighted by Crippen LogP contribution is 2.66. The largest absolute Gasteiger partial charge is 0.502 e. The molecule has 3 saturated carbocycles. The van der Waals surface area contributed by atoms with Crippen molar-refractivity contribution in [1.82, 2.24) is 5.32 Å². The molecule has 0 aromatic heterocycles. The number of nitro benzene ring substituents is 1. The minimum atomic E-state index is -1.12. The maximum Gasteiger partial charge on any atom is 0.328 e. The summed E-state index contributed by atoms with van der Waals surface area (Å²) in [4.78, 5) is 40.7. The summed E-state index contributed by atoms with van der Waals surface area (Å²) in [6, 6.07) is 2.62. The topological polar surface area (TPSA) is 161 Å². The number of hydrogen-bond donors (Lipinski definition) is 3. The number of amides is 1. The van der Waals surface area contributed by atoms with Crippen molar-refractivity contribution in [2.24, 2.45) is 33.7 Å². The van der Waals surface area contributed by atoms with Crippen LogP contribution in [-0.2, 0) is 25.6 Å². The fourth-order valence-electron chi connectivity index (χ4n) is 8.32. The van der Waals surface area contributed by atoms with Gasteiger partial charge in [0.25, 0.3) is 5.91 Å². The van der Waals surface area contributed by atoms with Gasteiger partial charge in [-0.1, -0.05) is 36.7 Å². The zero-order valence-electron chi connectivity index (χ0n) is 25.2. The van der Waals surface area contributed by atoms with E-state index >= 15 is 0 Å². The number of ether oxygens (including phenoxy) is 1. The molecule has 0 aliphatic heterocycles. The van der Waals surface area contributed by atoms with Crippen molar-refractivity contribution < 1.29 is 34.3 Å². The predicted molar refractivity (Wildman–Crippen MR) is 158 cm³/mol. The molecule has 5 rings (SSSR count). The normalized spacial score (nSPS) is 34.3. The summed E-state index contributed by atoms with van der Waals surface area (Å²) in [5, 5.41) is 38.7. The van der Waals surface area contributed by atoms with Crippen LogP contribution in [0, 0.1) is 38.7 Å². The summed E-state index contributed by atoms with van der Waals surface area (Å²) in [6.07, 6.45) is 12.2. The fraction of sp³-hybridized carbons (Fsp3) is 0.594. The number of methoxy groups -OCH3 is 1. The summed E-state index contributed by atoms with van der Waals surface area (Å²) >= 11 is 0. The highest BCUT2D eigenvalue weighted by atomic mass is 16.6. The maximum absolute atomic E-state index is 12.6. The van der Waals surface area contributed by atoms with Gasteiger partial charge >= 0.3 is 11.7 Å². The summed E-state index contributed by atoms with van der Waals surface area (Å²) in [7, 11) is 1.18. The van der Waals surface area contributed by atoms with Crippen molar-refractivity contribution in [3.8, 4) is 5.75 Å². The van der Waals surface area contributed by atoms with Gasteiger partial charge in [-0.15, -0.1) is 0 Å². The van der Waals surface area contributed by atoms with Crippen LogP contribution in [0.3, 0.4) is 0 Å². The molecule has 0 radical (unpaired) electrons. The number of nitro groups is 1. The first-order chi connectivity index (χ1) is 20.3. The van der Waals surface area contributed by atoms with Crippen molar-refractivity contribution in [1.29, 1.82) is 0 Å². The molecule has 43 heavy (non-hydrogen) atoms. The van der Waals surface area contributed by atoms with E-state index in [9.17, 15) is 29.9 Å². The molecule has 0 unspecified atom stereocenters. The van der Waals surface area contributed by atoms with Crippen LogP contribution in [0.25, 0.3) is 0 Å². The van der Waals surface area contributed by atoms with Crippen LogP contribution in [0.1, 0.15) is 64.9 Å². The third-order valence-corrected chi connectivity index (χ3v) is 11.0. The fourth-order valence-corrected chi connectivity index (χ4v) is 8.32. The molecule has 0 heterocycles. The van der Waals surface area contributed by atoms with Gasteiger partial charge in [-0.25, -0.2) is 4.79 Å². The van der Waals surface area contributed by atoms with Crippen LogP contribution in [0.5, 0.6) is 5.75 Å². The average Bonchev–Trinajstić information content (AvgIpc) is 3.21. The van der Waals surface area contributed by atoms with E-state index in [4.69, 9.17) is 9.57 Å². The molecule has 0 saturated heterocycles. The summed E-state index contributed by atoms with van der Waals surface area (Å²) in [5.41, 5.74) is 1.08. The number of fused-ring (bicyclic) bond motifs is 5. The number of phenolic OH excluding ortho intramolecular Hbond substituents is 1. The second kappa shape index (κ2) is 11.4. The number of rotatable bonds is 8. The number of benzene rings is 1. The summed E-state index contributed by atoms with van der Waals surface area (Å²) in [5.74, 6) is -0.214. The van der Waals surface area contributed by atoms with Crippen LogP contribution >= 0.6 is 0 Å². The zero-order valence-corrected chi connectivity index (χ0v) is 25.2. The second-order valence-corrected chi connectivity index (χ2v) is 13.2.